The third kappa shape index (κ3) is 4.23. The maximum Gasteiger partial charge on any atom is 0.255 e. The van der Waals surface area contributed by atoms with Gasteiger partial charge in [0, 0.05) is 17.9 Å². The van der Waals surface area contributed by atoms with Crippen molar-refractivity contribution in [2.45, 2.75) is 25.9 Å². The lowest BCUT2D eigenvalue weighted by Gasteiger charge is -2.23. The van der Waals surface area contributed by atoms with Crippen molar-refractivity contribution in [3.05, 3.63) is 71.3 Å². The Morgan fingerprint density at radius 2 is 1.80 bits per heavy atom. The standard InChI is InChI=1S/C20H22N2O2S/c1-2-15-8-10-17(11-9-15)20(24)22-14-25-13-18(22)19(23)21-12-16-6-4-3-5-7-16/h3-11,18H,2,12-14H2,1H3,(H,21,23)/t18-/m1/s1. The predicted molar refractivity (Wildman–Crippen MR) is 101 cm³/mol. The summed E-state index contributed by atoms with van der Waals surface area (Å²) in [6.45, 7) is 2.56. The van der Waals surface area contributed by atoms with Gasteiger partial charge < -0.3 is 10.2 Å². The van der Waals surface area contributed by atoms with Crippen LogP contribution in [0.3, 0.4) is 0 Å². The minimum Gasteiger partial charge on any atom is -0.350 e. The minimum atomic E-state index is -0.410. The highest BCUT2D eigenvalue weighted by atomic mass is 32.2. The summed E-state index contributed by atoms with van der Waals surface area (Å²) in [5.74, 6) is 1.02. The molecule has 130 valence electrons. The van der Waals surface area contributed by atoms with Gasteiger partial charge in [-0.2, -0.15) is 0 Å². The van der Waals surface area contributed by atoms with E-state index < -0.39 is 6.04 Å². The van der Waals surface area contributed by atoms with Crippen LogP contribution in [0, 0.1) is 0 Å². The van der Waals surface area contributed by atoms with Gasteiger partial charge in [-0.1, -0.05) is 49.4 Å². The monoisotopic (exact) mass is 354 g/mol. The smallest absolute Gasteiger partial charge is 0.255 e. The number of carbonyl (C=O) groups excluding carboxylic acids is 2. The molecule has 0 aromatic heterocycles. The average Bonchev–Trinajstić information content (AvgIpc) is 3.16. The summed E-state index contributed by atoms with van der Waals surface area (Å²) in [4.78, 5) is 27.0. The summed E-state index contributed by atoms with van der Waals surface area (Å²) in [5, 5.41) is 2.95. The van der Waals surface area contributed by atoms with Crippen molar-refractivity contribution < 1.29 is 9.59 Å². The fourth-order valence-corrected chi connectivity index (χ4v) is 3.97. The summed E-state index contributed by atoms with van der Waals surface area (Å²) >= 11 is 1.62. The molecule has 3 rings (SSSR count). The van der Waals surface area contributed by atoms with Crippen LogP contribution in [0.5, 0.6) is 0 Å². The molecular formula is C20H22N2O2S. The van der Waals surface area contributed by atoms with E-state index in [2.05, 4.69) is 12.2 Å². The van der Waals surface area contributed by atoms with Crippen LogP contribution in [0.1, 0.15) is 28.4 Å². The van der Waals surface area contributed by atoms with Gasteiger partial charge in [-0.25, -0.2) is 0 Å². The first-order valence-corrected chi connectivity index (χ1v) is 9.64. The summed E-state index contributed by atoms with van der Waals surface area (Å²) in [5.41, 5.74) is 2.89. The average molecular weight is 354 g/mol. The predicted octanol–water partition coefficient (Wildman–Crippen LogP) is 3.08. The molecule has 5 heteroatoms. The highest BCUT2D eigenvalue weighted by molar-refractivity contribution is 7.99. The number of nitrogens with one attached hydrogen (secondary N) is 1. The number of carbonyl (C=O) groups is 2. The Morgan fingerprint density at radius 1 is 1.08 bits per heavy atom. The number of hydrogen-bond acceptors (Lipinski definition) is 3. The van der Waals surface area contributed by atoms with Crippen molar-refractivity contribution in [1.29, 1.82) is 0 Å². The normalized spacial score (nSPS) is 16.7. The molecule has 1 fully saturated rings. The molecule has 1 N–H and O–H groups in total. The first-order chi connectivity index (χ1) is 12.2. The molecule has 2 amide bonds. The Hall–Kier alpha value is -2.27. The summed E-state index contributed by atoms with van der Waals surface area (Å²) in [7, 11) is 0. The topological polar surface area (TPSA) is 49.4 Å². The highest BCUT2D eigenvalue weighted by Gasteiger charge is 2.34. The van der Waals surface area contributed by atoms with E-state index in [0.29, 0.717) is 23.7 Å². The molecular weight excluding hydrogens is 332 g/mol. The lowest BCUT2D eigenvalue weighted by atomic mass is 10.1. The van der Waals surface area contributed by atoms with E-state index in [0.717, 1.165) is 12.0 Å². The van der Waals surface area contributed by atoms with Crippen LogP contribution in [-0.4, -0.2) is 34.4 Å². The van der Waals surface area contributed by atoms with E-state index in [1.807, 2.05) is 54.6 Å². The Morgan fingerprint density at radius 3 is 2.48 bits per heavy atom. The van der Waals surface area contributed by atoms with Crippen molar-refractivity contribution in [3.63, 3.8) is 0 Å². The first kappa shape index (κ1) is 17.5. The zero-order valence-corrected chi connectivity index (χ0v) is 15.1. The Labute approximate surface area is 152 Å². The number of aryl methyl sites for hydroxylation is 1. The molecule has 0 bridgehead atoms. The van der Waals surface area contributed by atoms with Gasteiger partial charge in [-0.3, -0.25) is 9.59 Å². The van der Waals surface area contributed by atoms with Crippen LogP contribution in [0.2, 0.25) is 0 Å². The van der Waals surface area contributed by atoms with Crippen LogP contribution in [0.4, 0.5) is 0 Å². The van der Waals surface area contributed by atoms with Crippen LogP contribution in [-0.2, 0) is 17.8 Å². The molecule has 1 heterocycles. The third-order valence-electron chi connectivity index (χ3n) is 4.36. The zero-order valence-electron chi connectivity index (χ0n) is 14.3. The second-order valence-electron chi connectivity index (χ2n) is 6.04. The van der Waals surface area contributed by atoms with E-state index in [4.69, 9.17) is 0 Å². The van der Waals surface area contributed by atoms with Gasteiger partial charge in [0.1, 0.15) is 6.04 Å². The molecule has 25 heavy (non-hydrogen) atoms. The molecule has 0 radical (unpaired) electrons. The van der Waals surface area contributed by atoms with E-state index >= 15 is 0 Å². The van der Waals surface area contributed by atoms with Crippen LogP contribution in [0.15, 0.2) is 54.6 Å². The fourth-order valence-electron chi connectivity index (χ4n) is 2.81. The Balaban J connectivity index is 1.64. The quantitative estimate of drug-likeness (QED) is 0.898. The second kappa shape index (κ2) is 8.21. The SMILES string of the molecule is CCc1ccc(C(=O)N2CSC[C@@H]2C(=O)NCc2ccccc2)cc1. The van der Waals surface area contributed by atoms with Gasteiger partial charge in [-0.15, -0.1) is 11.8 Å². The minimum absolute atomic E-state index is 0.0764. The molecule has 2 aromatic carbocycles. The Kier molecular flexibility index (Phi) is 5.76. The molecule has 4 nitrogen and oxygen atoms in total. The van der Waals surface area contributed by atoms with E-state index in [1.54, 1.807) is 16.7 Å². The molecule has 0 saturated carbocycles. The van der Waals surface area contributed by atoms with Crippen molar-refractivity contribution in [1.82, 2.24) is 10.2 Å². The zero-order chi connectivity index (χ0) is 17.6. The van der Waals surface area contributed by atoms with Crippen LogP contribution < -0.4 is 5.32 Å². The molecule has 1 saturated heterocycles. The molecule has 1 aliphatic heterocycles. The van der Waals surface area contributed by atoms with Gasteiger partial charge in [0.2, 0.25) is 5.91 Å². The number of rotatable bonds is 5. The second-order valence-corrected chi connectivity index (χ2v) is 7.04. The number of thioether (sulfide) groups is 1. The lowest BCUT2D eigenvalue weighted by Crippen LogP contribution is -2.47. The Bertz CT molecular complexity index is 731. The van der Waals surface area contributed by atoms with Crippen LogP contribution >= 0.6 is 11.8 Å². The lowest BCUT2D eigenvalue weighted by molar-refractivity contribution is -0.124. The molecule has 1 aliphatic rings. The van der Waals surface area contributed by atoms with Gasteiger partial charge in [-0.05, 0) is 29.7 Å². The molecule has 0 spiro atoms. The summed E-state index contributed by atoms with van der Waals surface area (Å²) < 4.78 is 0. The number of nitrogens with zero attached hydrogens (tertiary/aromatic N) is 1. The number of benzene rings is 2. The fraction of sp³-hybridized carbons (Fsp3) is 0.300. The molecule has 0 aliphatic carbocycles. The highest BCUT2D eigenvalue weighted by Crippen LogP contribution is 2.23. The molecule has 0 unspecified atom stereocenters. The summed E-state index contributed by atoms with van der Waals surface area (Å²) in [6.07, 6.45) is 0.943. The van der Waals surface area contributed by atoms with Crippen molar-refractivity contribution in [2.24, 2.45) is 0 Å². The maximum absolute atomic E-state index is 12.8. The molecule has 1 atom stereocenters. The van der Waals surface area contributed by atoms with Crippen molar-refractivity contribution >= 4 is 23.6 Å². The first-order valence-electron chi connectivity index (χ1n) is 8.48. The van der Waals surface area contributed by atoms with Crippen LogP contribution in [0.25, 0.3) is 0 Å². The molecule has 2 aromatic rings. The number of amides is 2. The van der Waals surface area contributed by atoms with E-state index in [1.165, 1.54) is 5.56 Å². The number of hydrogen-bond donors (Lipinski definition) is 1. The van der Waals surface area contributed by atoms with Gasteiger partial charge in [0.25, 0.3) is 5.91 Å². The van der Waals surface area contributed by atoms with Gasteiger partial charge >= 0.3 is 0 Å². The van der Waals surface area contributed by atoms with Crippen molar-refractivity contribution in [2.75, 3.05) is 11.6 Å². The van der Waals surface area contributed by atoms with Crippen molar-refractivity contribution in [3.8, 4) is 0 Å². The maximum atomic E-state index is 12.8. The van der Waals surface area contributed by atoms with Gasteiger partial charge in [0.15, 0.2) is 0 Å². The summed E-state index contributed by atoms with van der Waals surface area (Å²) in [6, 6.07) is 17.0. The van der Waals surface area contributed by atoms with Gasteiger partial charge in [0.05, 0.1) is 5.88 Å². The third-order valence-corrected chi connectivity index (χ3v) is 5.38. The van der Waals surface area contributed by atoms with E-state index in [9.17, 15) is 9.59 Å². The van der Waals surface area contributed by atoms with E-state index in [-0.39, 0.29) is 11.8 Å². The largest absolute Gasteiger partial charge is 0.350 e.